The third-order valence-electron chi connectivity index (χ3n) is 4.33. The van der Waals surface area contributed by atoms with Crippen LogP contribution in [0, 0.1) is 11.3 Å². The van der Waals surface area contributed by atoms with Crippen molar-refractivity contribution in [3.05, 3.63) is 76.5 Å². The molecule has 0 saturated heterocycles. The Bertz CT molecular complexity index is 1220. The highest BCUT2D eigenvalue weighted by Crippen LogP contribution is 2.31. The van der Waals surface area contributed by atoms with Gasteiger partial charge in [-0.2, -0.15) is 5.26 Å². The Labute approximate surface area is 189 Å². The zero-order valence-electron chi connectivity index (χ0n) is 17.3. The molecule has 32 heavy (non-hydrogen) atoms. The minimum atomic E-state index is -0.593. The van der Waals surface area contributed by atoms with E-state index < -0.39 is 11.9 Å². The number of benzene rings is 2. The number of nitriles is 1. The van der Waals surface area contributed by atoms with Crippen molar-refractivity contribution in [2.45, 2.75) is 6.92 Å². The molecular formula is C24H19ClN2O5. The van der Waals surface area contributed by atoms with E-state index in [-0.39, 0.29) is 11.3 Å². The van der Waals surface area contributed by atoms with Gasteiger partial charge in [-0.1, -0.05) is 17.7 Å². The summed E-state index contributed by atoms with van der Waals surface area (Å²) in [6.45, 7) is 2.35. The highest BCUT2D eigenvalue weighted by Gasteiger charge is 2.15. The van der Waals surface area contributed by atoms with E-state index in [0.717, 1.165) is 0 Å². The van der Waals surface area contributed by atoms with Crippen LogP contribution in [0.4, 0.5) is 5.69 Å². The van der Waals surface area contributed by atoms with Crippen molar-refractivity contribution < 1.29 is 23.5 Å². The average Bonchev–Trinajstić information content (AvgIpc) is 3.26. The fourth-order valence-corrected chi connectivity index (χ4v) is 3.06. The van der Waals surface area contributed by atoms with Crippen molar-refractivity contribution >= 4 is 35.2 Å². The summed E-state index contributed by atoms with van der Waals surface area (Å²) in [5, 5.41) is 12.5. The number of hydrogen-bond acceptors (Lipinski definition) is 6. The number of rotatable bonds is 7. The molecule has 162 valence electrons. The van der Waals surface area contributed by atoms with Crippen LogP contribution in [0.3, 0.4) is 0 Å². The number of amides is 1. The van der Waals surface area contributed by atoms with Gasteiger partial charge in [-0.05, 0) is 49.4 Å². The number of esters is 1. The zero-order valence-corrected chi connectivity index (χ0v) is 18.1. The molecule has 0 atom stereocenters. The molecule has 2 aromatic carbocycles. The molecular weight excluding hydrogens is 432 g/mol. The number of methoxy groups -OCH3 is 1. The van der Waals surface area contributed by atoms with Gasteiger partial charge < -0.3 is 19.2 Å². The van der Waals surface area contributed by atoms with Crippen molar-refractivity contribution in [1.29, 1.82) is 5.26 Å². The molecule has 0 aliphatic carbocycles. The molecule has 0 aliphatic heterocycles. The second-order valence-corrected chi connectivity index (χ2v) is 6.88. The molecule has 0 saturated carbocycles. The van der Waals surface area contributed by atoms with Crippen LogP contribution < -0.4 is 10.1 Å². The summed E-state index contributed by atoms with van der Waals surface area (Å²) >= 11 is 6.24. The smallest absolute Gasteiger partial charge is 0.337 e. The van der Waals surface area contributed by atoms with E-state index in [2.05, 4.69) is 5.32 Å². The Kier molecular flexibility index (Phi) is 7.32. The van der Waals surface area contributed by atoms with Crippen LogP contribution in [0.15, 0.2) is 64.6 Å². The van der Waals surface area contributed by atoms with Crippen LogP contribution in [0.25, 0.3) is 17.4 Å². The van der Waals surface area contributed by atoms with Gasteiger partial charge >= 0.3 is 5.97 Å². The Morgan fingerprint density at radius 2 is 2.00 bits per heavy atom. The highest BCUT2D eigenvalue weighted by atomic mass is 35.5. The number of halogens is 1. The third-order valence-corrected chi connectivity index (χ3v) is 4.66. The maximum Gasteiger partial charge on any atom is 0.337 e. The molecule has 0 fully saturated rings. The molecule has 0 radical (unpaired) electrons. The number of nitrogens with one attached hydrogen (secondary N) is 1. The first-order valence-electron chi connectivity index (χ1n) is 9.59. The normalized spacial score (nSPS) is 10.9. The Balaban J connectivity index is 1.83. The molecule has 1 amide bonds. The molecule has 0 bridgehead atoms. The van der Waals surface area contributed by atoms with E-state index in [9.17, 15) is 14.9 Å². The van der Waals surface area contributed by atoms with E-state index in [1.165, 1.54) is 13.2 Å². The predicted molar refractivity (Wildman–Crippen MR) is 120 cm³/mol. The molecule has 3 aromatic rings. The third kappa shape index (κ3) is 5.36. The van der Waals surface area contributed by atoms with Crippen molar-refractivity contribution in [1.82, 2.24) is 0 Å². The lowest BCUT2D eigenvalue weighted by Gasteiger charge is -2.07. The number of ether oxygens (including phenoxy) is 2. The lowest BCUT2D eigenvalue weighted by molar-refractivity contribution is -0.112. The van der Waals surface area contributed by atoms with Gasteiger partial charge in [0, 0.05) is 23.4 Å². The molecule has 1 aromatic heterocycles. The Morgan fingerprint density at radius 1 is 1.19 bits per heavy atom. The van der Waals surface area contributed by atoms with Gasteiger partial charge in [-0.3, -0.25) is 4.79 Å². The SMILES string of the molecule is CCOc1cccc(NC(=O)/C(C#N)=C\c2ccc(-c3cc(C(=O)OC)ccc3Cl)o2)c1. The number of anilines is 1. The van der Waals surface area contributed by atoms with Crippen LogP contribution in [-0.2, 0) is 9.53 Å². The number of nitrogens with zero attached hydrogens (tertiary/aromatic N) is 1. The van der Waals surface area contributed by atoms with Crippen LogP contribution in [-0.4, -0.2) is 25.6 Å². The summed E-state index contributed by atoms with van der Waals surface area (Å²) in [6.07, 6.45) is 1.32. The van der Waals surface area contributed by atoms with Crippen molar-refractivity contribution in [2.75, 3.05) is 19.0 Å². The largest absolute Gasteiger partial charge is 0.494 e. The van der Waals surface area contributed by atoms with Gasteiger partial charge in [0.25, 0.3) is 5.91 Å². The Morgan fingerprint density at radius 3 is 2.72 bits per heavy atom. The molecule has 1 heterocycles. The van der Waals surface area contributed by atoms with Crippen LogP contribution in [0.1, 0.15) is 23.0 Å². The molecule has 7 nitrogen and oxygen atoms in total. The molecule has 0 unspecified atom stereocenters. The van der Waals surface area contributed by atoms with E-state index in [4.69, 9.17) is 25.5 Å². The average molecular weight is 451 g/mol. The first-order chi connectivity index (χ1) is 15.4. The molecule has 3 rings (SSSR count). The Hall–Kier alpha value is -4.02. The van der Waals surface area contributed by atoms with E-state index >= 15 is 0 Å². The van der Waals surface area contributed by atoms with E-state index in [1.54, 1.807) is 54.6 Å². The maximum atomic E-state index is 12.5. The monoisotopic (exact) mass is 450 g/mol. The van der Waals surface area contributed by atoms with Gasteiger partial charge in [0.2, 0.25) is 0 Å². The van der Waals surface area contributed by atoms with Crippen molar-refractivity contribution in [3.8, 4) is 23.1 Å². The second kappa shape index (κ2) is 10.3. The second-order valence-electron chi connectivity index (χ2n) is 6.47. The number of carbonyl (C=O) groups is 2. The van der Waals surface area contributed by atoms with Crippen LogP contribution in [0.2, 0.25) is 5.02 Å². The van der Waals surface area contributed by atoms with Gasteiger partial charge in [-0.15, -0.1) is 0 Å². The number of carbonyl (C=O) groups excluding carboxylic acids is 2. The van der Waals surface area contributed by atoms with Crippen molar-refractivity contribution in [2.24, 2.45) is 0 Å². The first-order valence-corrected chi connectivity index (χ1v) is 9.97. The summed E-state index contributed by atoms with van der Waals surface area (Å²) in [5.74, 6) is 0.147. The van der Waals surface area contributed by atoms with Crippen molar-refractivity contribution in [3.63, 3.8) is 0 Å². The summed E-state index contributed by atoms with van der Waals surface area (Å²) in [5.41, 5.74) is 1.13. The topological polar surface area (TPSA) is 102 Å². The molecule has 0 aliphatic rings. The van der Waals surface area contributed by atoms with Gasteiger partial charge in [-0.25, -0.2) is 4.79 Å². The summed E-state index contributed by atoms with van der Waals surface area (Å²) in [7, 11) is 1.29. The van der Waals surface area contributed by atoms with Gasteiger partial charge in [0.1, 0.15) is 28.9 Å². The standard InChI is InChI=1S/C24H19ClN2O5/c1-3-31-18-6-4-5-17(13-18)27-23(28)16(14-26)11-19-8-10-22(32-19)20-12-15(24(29)30-2)7-9-21(20)25/h4-13H,3H2,1-2H3,(H,27,28)/b16-11-. The fourth-order valence-electron chi connectivity index (χ4n) is 2.85. The number of hydrogen-bond donors (Lipinski definition) is 1. The number of furan rings is 1. The highest BCUT2D eigenvalue weighted by molar-refractivity contribution is 6.33. The fraction of sp³-hybridized carbons (Fsp3) is 0.125. The van der Waals surface area contributed by atoms with E-state index in [0.29, 0.717) is 40.0 Å². The summed E-state index contributed by atoms with van der Waals surface area (Å²) in [6, 6.07) is 16.6. The minimum absolute atomic E-state index is 0.151. The van der Waals surface area contributed by atoms with Crippen LogP contribution in [0.5, 0.6) is 5.75 Å². The predicted octanol–water partition coefficient (Wildman–Crippen LogP) is 5.33. The summed E-state index contributed by atoms with van der Waals surface area (Å²) in [4.78, 5) is 24.3. The lowest BCUT2D eigenvalue weighted by atomic mass is 10.1. The molecule has 8 heteroatoms. The van der Waals surface area contributed by atoms with Gasteiger partial charge in [0.15, 0.2) is 0 Å². The quantitative estimate of drug-likeness (QED) is 0.296. The van der Waals surface area contributed by atoms with E-state index in [1.807, 2.05) is 13.0 Å². The summed E-state index contributed by atoms with van der Waals surface area (Å²) < 4.78 is 15.9. The molecule has 0 spiro atoms. The first kappa shape index (κ1) is 22.7. The minimum Gasteiger partial charge on any atom is -0.494 e. The lowest BCUT2D eigenvalue weighted by Crippen LogP contribution is -2.13. The zero-order chi connectivity index (χ0) is 23.1. The van der Waals surface area contributed by atoms with Crippen LogP contribution >= 0.6 is 11.6 Å². The maximum absolute atomic E-state index is 12.5. The molecule has 1 N–H and O–H groups in total. The van der Waals surface area contributed by atoms with Gasteiger partial charge in [0.05, 0.1) is 24.3 Å².